The second kappa shape index (κ2) is 10.7. The van der Waals surface area contributed by atoms with Gasteiger partial charge in [-0.05, 0) is 56.1 Å². The molecule has 1 saturated heterocycles. The Kier molecular flexibility index (Phi) is 8.62. The van der Waals surface area contributed by atoms with Gasteiger partial charge >= 0.3 is 0 Å². The minimum Gasteiger partial charge on any atom is -0.337 e. The van der Waals surface area contributed by atoms with E-state index in [1.165, 1.54) is 12.8 Å². The smallest absolute Gasteiger partial charge is 0.227 e. The largest absolute Gasteiger partial charge is 0.337 e. The molecule has 0 N–H and O–H groups in total. The van der Waals surface area contributed by atoms with Gasteiger partial charge in [0.15, 0.2) is 0 Å². The van der Waals surface area contributed by atoms with Gasteiger partial charge in [0, 0.05) is 13.6 Å². The van der Waals surface area contributed by atoms with Crippen molar-refractivity contribution in [2.24, 2.45) is 0 Å². The van der Waals surface area contributed by atoms with Gasteiger partial charge in [-0.1, -0.05) is 60.2 Å². The molecule has 5 heteroatoms. The maximum atomic E-state index is 13.0. The molecule has 146 valence electrons. The summed E-state index contributed by atoms with van der Waals surface area (Å²) >= 11 is 12.1. The average Bonchev–Trinajstić information content (AvgIpc) is 3.17. The molecule has 1 atom stereocenters. The van der Waals surface area contributed by atoms with Gasteiger partial charge in [0.1, 0.15) is 0 Å². The number of allylic oxidation sites excluding steroid dienone is 3. The zero-order valence-corrected chi connectivity index (χ0v) is 17.6. The monoisotopic (exact) mass is 406 g/mol. The zero-order valence-electron chi connectivity index (χ0n) is 16.1. The number of halogens is 2. The normalized spacial score (nSPS) is 16.7. The molecule has 1 fully saturated rings. The average molecular weight is 407 g/mol. The van der Waals surface area contributed by atoms with E-state index in [0.717, 1.165) is 30.8 Å². The highest BCUT2D eigenvalue weighted by atomic mass is 35.5. The Hall–Kier alpha value is -1.55. The number of hydrogen-bond donors (Lipinski definition) is 0. The number of carbonyl (C=O) groups excluding carboxylic acids is 1. The van der Waals surface area contributed by atoms with E-state index in [-0.39, 0.29) is 11.9 Å². The quantitative estimate of drug-likeness (QED) is 0.557. The molecule has 1 heterocycles. The van der Waals surface area contributed by atoms with Crippen LogP contribution in [0.25, 0.3) is 0 Å². The second-order valence-corrected chi connectivity index (χ2v) is 7.65. The van der Waals surface area contributed by atoms with Crippen molar-refractivity contribution in [3.8, 4) is 0 Å². The van der Waals surface area contributed by atoms with Gasteiger partial charge in [0.2, 0.25) is 5.91 Å². The highest BCUT2D eigenvalue weighted by Gasteiger charge is 2.26. The molecule has 0 aromatic heterocycles. The van der Waals surface area contributed by atoms with Gasteiger partial charge in [-0.3, -0.25) is 4.79 Å². The van der Waals surface area contributed by atoms with E-state index in [2.05, 4.69) is 17.6 Å². The molecule has 3 nitrogen and oxygen atoms in total. The first-order chi connectivity index (χ1) is 13.0. The van der Waals surface area contributed by atoms with Crippen LogP contribution in [0, 0.1) is 0 Å². The van der Waals surface area contributed by atoms with E-state index in [1.54, 1.807) is 18.2 Å². The zero-order chi connectivity index (χ0) is 19.8. The fraction of sp³-hybridized carbons (Fsp3) is 0.409. The number of carbonyl (C=O) groups is 1. The van der Waals surface area contributed by atoms with Crippen LogP contribution in [0.15, 0.2) is 54.7 Å². The number of benzene rings is 1. The molecule has 1 unspecified atom stereocenters. The highest BCUT2D eigenvalue weighted by molar-refractivity contribution is 6.42. The molecule has 0 aliphatic carbocycles. The predicted molar refractivity (Wildman–Crippen MR) is 115 cm³/mol. The number of likely N-dealkylation sites (tertiary alicyclic amines) is 1. The molecule has 2 rings (SSSR count). The molecule has 0 bridgehead atoms. The molecular weight excluding hydrogens is 379 g/mol. The van der Waals surface area contributed by atoms with E-state index in [1.807, 2.05) is 37.1 Å². The molecule has 0 spiro atoms. The molecule has 1 aromatic carbocycles. The number of likely N-dealkylation sites (N-methyl/N-ethyl adjacent to an activating group) is 1. The standard InChI is InChI=1S/C22H28Cl2N2O/c1-4-6-9-18(5-2)21(16-26-12-7-8-13-26)25(3)22(27)15-17-10-11-19(23)20(24)14-17/h4-6,9-11,14,21H,1,7-8,12-13,15-16H2,2-3H3/b9-6-,18-5+. The van der Waals surface area contributed by atoms with Gasteiger partial charge in [-0.15, -0.1) is 0 Å². The van der Waals surface area contributed by atoms with Crippen molar-refractivity contribution in [3.05, 3.63) is 70.3 Å². The lowest BCUT2D eigenvalue weighted by atomic mass is 10.0. The Labute approximate surface area is 172 Å². The summed E-state index contributed by atoms with van der Waals surface area (Å²) in [5.74, 6) is 0.0592. The molecule has 0 saturated carbocycles. The third-order valence-electron chi connectivity index (χ3n) is 4.97. The first-order valence-electron chi connectivity index (χ1n) is 9.33. The van der Waals surface area contributed by atoms with E-state index in [4.69, 9.17) is 23.2 Å². The van der Waals surface area contributed by atoms with Crippen LogP contribution in [0.5, 0.6) is 0 Å². The number of nitrogens with zero attached hydrogens (tertiary/aromatic N) is 2. The minimum atomic E-state index is -0.000396. The van der Waals surface area contributed by atoms with Crippen molar-refractivity contribution in [1.29, 1.82) is 0 Å². The summed E-state index contributed by atoms with van der Waals surface area (Å²) in [5.41, 5.74) is 1.98. The molecule has 0 radical (unpaired) electrons. The third-order valence-corrected chi connectivity index (χ3v) is 5.71. The van der Waals surface area contributed by atoms with Crippen molar-refractivity contribution < 1.29 is 4.79 Å². The van der Waals surface area contributed by atoms with Crippen LogP contribution in [0.1, 0.15) is 25.3 Å². The Morgan fingerprint density at radius 2 is 2.00 bits per heavy atom. The predicted octanol–water partition coefficient (Wildman–Crippen LogP) is 5.15. The highest BCUT2D eigenvalue weighted by Crippen LogP contribution is 2.24. The van der Waals surface area contributed by atoms with E-state index >= 15 is 0 Å². The molecule has 1 amide bonds. The Balaban J connectivity index is 2.18. The van der Waals surface area contributed by atoms with E-state index < -0.39 is 0 Å². The summed E-state index contributed by atoms with van der Waals surface area (Å²) in [4.78, 5) is 17.3. The van der Waals surface area contributed by atoms with Gasteiger partial charge in [-0.2, -0.15) is 0 Å². The molecular formula is C22H28Cl2N2O. The minimum absolute atomic E-state index is 0.000396. The summed E-state index contributed by atoms with van der Waals surface area (Å²) in [6, 6.07) is 5.35. The fourth-order valence-electron chi connectivity index (χ4n) is 3.36. The number of hydrogen-bond acceptors (Lipinski definition) is 2. The maximum Gasteiger partial charge on any atom is 0.227 e. The van der Waals surface area contributed by atoms with Crippen LogP contribution in [0.4, 0.5) is 0 Å². The lowest BCUT2D eigenvalue weighted by molar-refractivity contribution is -0.130. The summed E-state index contributed by atoms with van der Waals surface area (Å²) in [6.45, 7) is 8.78. The Bertz CT molecular complexity index is 721. The molecule has 27 heavy (non-hydrogen) atoms. The van der Waals surface area contributed by atoms with Crippen LogP contribution >= 0.6 is 23.2 Å². The van der Waals surface area contributed by atoms with Crippen molar-refractivity contribution in [2.75, 3.05) is 26.7 Å². The summed E-state index contributed by atoms with van der Waals surface area (Å²) in [5, 5.41) is 0.972. The van der Waals surface area contributed by atoms with Crippen LogP contribution in [-0.2, 0) is 11.2 Å². The van der Waals surface area contributed by atoms with Crippen molar-refractivity contribution >= 4 is 29.1 Å². The number of rotatable bonds is 8. The lowest BCUT2D eigenvalue weighted by Crippen LogP contribution is -2.45. The summed E-state index contributed by atoms with van der Waals surface area (Å²) < 4.78 is 0. The summed E-state index contributed by atoms with van der Waals surface area (Å²) in [6.07, 6.45) is 10.5. The number of amides is 1. The maximum absolute atomic E-state index is 13.0. The SMILES string of the molecule is C=C/C=C\C(=C/C)C(CN1CCCC1)N(C)C(=O)Cc1ccc(Cl)c(Cl)c1. The molecule has 1 aromatic rings. The summed E-state index contributed by atoms with van der Waals surface area (Å²) in [7, 11) is 1.88. The van der Waals surface area contributed by atoms with Crippen molar-refractivity contribution in [3.63, 3.8) is 0 Å². The van der Waals surface area contributed by atoms with Crippen LogP contribution in [0.2, 0.25) is 10.0 Å². The third kappa shape index (κ3) is 6.24. The van der Waals surface area contributed by atoms with Crippen LogP contribution in [0.3, 0.4) is 0 Å². The molecule has 1 aliphatic heterocycles. The van der Waals surface area contributed by atoms with Crippen LogP contribution < -0.4 is 0 Å². The van der Waals surface area contributed by atoms with Crippen molar-refractivity contribution in [2.45, 2.75) is 32.2 Å². The van der Waals surface area contributed by atoms with Crippen molar-refractivity contribution in [1.82, 2.24) is 9.80 Å². The van der Waals surface area contributed by atoms with Gasteiger partial charge in [0.05, 0.1) is 22.5 Å². The second-order valence-electron chi connectivity index (χ2n) is 6.84. The van der Waals surface area contributed by atoms with E-state index in [9.17, 15) is 4.79 Å². The van der Waals surface area contributed by atoms with Gasteiger partial charge in [-0.25, -0.2) is 0 Å². The Morgan fingerprint density at radius 1 is 1.30 bits per heavy atom. The first-order valence-corrected chi connectivity index (χ1v) is 10.1. The topological polar surface area (TPSA) is 23.6 Å². The first kappa shape index (κ1) is 21.7. The molecule has 1 aliphatic rings. The lowest BCUT2D eigenvalue weighted by Gasteiger charge is -2.33. The van der Waals surface area contributed by atoms with E-state index in [0.29, 0.717) is 16.5 Å². The van der Waals surface area contributed by atoms with Gasteiger partial charge in [0.25, 0.3) is 0 Å². The van der Waals surface area contributed by atoms with Gasteiger partial charge < -0.3 is 9.80 Å². The fourth-order valence-corrected chi connectivity index (χ4v) is 3.68. The Morgan fingerprint density at radius 3 is 2.59 bits per heavy atom. The van der Waals surface area contributed by atoms with Crippen LogP contribution in [-0.4, -0.2) is 48.4 Å².